The number of non-ortho nitro benzene ring substituents is 1. The van der Waals surface area contributed by atoms with Crippen LogP contribution < -0.4 is 10.3 Å². The predicted molar refractivity (Wildman–Crippen MR) is 90.0 cm³/mol. The van der Waals surface area contributed by atoms with E-state index in [1.165, 1.54) is 40.0 Å². The molecule has 0 aliphatic rings. The first-order valence-electron chi connectivity index (χ1n) is 6.94. The SMILES string of the molecule is O=c1c2c(Oc3ccc([N+](=O)[O-])cc3)cccc2nc2sccn12. The number of benzene rings is 2. The van der Waals surface area contributed by atoms with Crippen molar-refractivity contribution in [1.82, 2.24) is 9.38 Å². The third-order valence-corrected chi connectivity index (χ3v) is 4.27. The summed E-state index contributed by atoms with van der Waals surface area (Å²) in [4.78, 5) is 27.9. The van der Waals surface area contributed by atoms with Crippen LogP contribution in [0.5, 0.6) is 11.5 Å². The van der Waals surface area contributed by atoms with Gasteiger partial charge in [0.05, 0.1) is 10.4 Å². The number of ether oxygens (including phenoxy) is 1. The lowest BCUT2D eigenvalue weighted by molar-refractivity contribution is -0.384. The molecular formula is C16H9N3O4S. The molecule has 4 rings (SSSR count). The van der Waals surface area contributed by atoms with Crippen molar-refractivity contribution in [3.05, 3.63) is 74.5 Å². The fourth-order valence-corrected chi connectivity index (χ4v) is 3.12. The van der Waals surface area contributed by atoms with Gasteiger partial charge in [-0.2, -0.15) is 0 Å². The number of thiazole rings is 1. The summed E-state index contributed by atoms with van der Waals surface area (Å²) in [5.74, 6) is 0.766. The molecule has 2 aromatic carbocycles. The summed E-state index contributed by atoms with van der Waals surface area (Å²) in [7, 11) is 0. The topological polar surface area (TPSA) is 86.7 Å². The number of nitro groups is 1. The summed E-state index contributed by atoms with van der Waals surface area (Å²) in [6.45, 7) is 0. The van der Waals surface area contributed by atoms with Crippen LogP contribution in [0, 0.1) is 10.1 Å². The Labute approximate surface area is 138 Å². The largest absolute Gasteiger partial charge is 0.456 e. The van der Waals surface area contributed by atoms with E-state index in [1.54, 1.807) is 29.8 Å². The smallest absolute Gasteiger partial charge is 0.270 e. The average molecular weight is 339 g/mol. The third kappa shape index (κ3) is 2.29. The minimum absolute atomic E-state index is 0.0259. The molecule has 0 radical (unpaired) electrons. The maximum atomic E-state index is 12.7. The highest BCUT2D eigenvalue weighted by atomic mass is 32.1. The van der Waals surface area contributed by atoms with E-state index in [-0.39, 0.29) is 11.2 Å². The second kappa shape index (κ2) is 5.43. The maximum absolute atomic E-state index is 12.7. The molecule has 0 aliphatic heterocycles. The molecule has 0 atom stereocenters. The molecule has 0 amide bonds. The molecular weight excluding hydrogens is 330 g/mol. The van der Waals surface area contributed by atoms with Gasteiger partial charge in [-0.15, -0.1) is 11.3 Å². The van der Waals surface area contributed by atoms with E-state index < -0.39 is 4.92 Å². The number of aromatic nitrogens is 2. The lowest BCUT2D eigenvalue weighted by atomic mass is 10.2. The molecule has 118 valence electrons. The van der Waals surface area contributed by atoms with Gasteiger partial charge >= 0.3 is 0 Å². The van der Waals surface area contributed by atoms with Crippen molar-refractivity contribution in [3.63, 3.8) is 0 Å². The number of fused-ring (bicyclic) bond motifs is 2. The van der Waals surface area contributed by atoms with Crippen LogP contribution in [-0.2, 0) is 0 Å². The Morgan fingerprint density at radius 2 is 1.96 bits per heavy atom. The number of nitro benzene ring substituents is 1. The zero-order chi connectivity index (χ0) is 16.7. The lowest BCUT2D eigenvalue weighted by Gasteiger charge is -2.08. The monoisotopic (exact) mass is 339 g/mol. The first-order valence-corrected chi connectivity index (χ1v) is 7.82. The minimum atomic E-state index is -0.481. The van der Waals surface area contributed by atoms with Crippen LogP contribution in [0.25, 0.3) is 15.9 Å². The van der Waals surface area contributed by atoms with E-state index in [1.807, 2.05) is 0 Å². The first kappa shape index (κ1) is 14.3. The van der Waals surface area contributed by atoms with Crippen molar-refractivity contribution >= 4 is 32.9 Å². The van der Waals surface area contributed by atoms with Gasteiger partial charge in [0.15, 0.2) is 4.96 Å². The highest BCUT2D eigenvalue weighted by Gasteiger charge is 2.13. The van der Waals surface area contributed by atoms with Gasteiger partial charge in [-0.25, -0.2) is 4.98 Å². The van der Waals surface area contributed by atoms with Crippen LogP contribution in [0.3, 0.4) is 0 Å². The van der Waals surface area contributed by atoms with E-state index in [2.05, 4.69) is 4.98 Å². The molecule has 0 fully saturated rings. The van der Waals surface area contributed by atoms with Crippen molar-refractivity contribution in [2.75, 3.05) is 0 Å². The van der Waals surface area contributed by atoms with E-state index in [0.717, 1.165) is 0 Å². The zero-order valence-electron chi connectivity index (χ0n) is 12.1. The first-order chi connectivity index (χ1) is 11.6. The van der Waals surface area contributed by atoms with Gasteiger partial charge in [-0.1, -0.05) is 6.07 Å². The van der Waals surface area contributed by atoms with E-state index in [9.17, 15) is 14.9 Å². The predicted octanol–water partition coefficient (Wildman–Crippen LogP) is 3.61. The summed E-state index contributed by atoms with van der Waals surface area (Å²) in [5.41, 5.74) is 0.303. The summed E-state index contributed by atoms with van der Waals surface area (Å²) in [6.07, 6.45) is 1.66. The van der Waals surface area contributed by atoms with E-state index in [0.29, 0.717) is 27.4 Å². The van der Waals surface area contributed by atoms with Crippen LogP contribution in [-0.4, -0.2) is 14.3 Å². The lowest BCUT2D eigenvalue weighted by Crippen LogP contribution is -2.13. The number of nitrogens with zero attached hydrogens (tertiary/aromatic N) is 3. The quantitative estimate of drug-likeness (QED) is 0.420. The van der Waals surface area contributed by atoms with Gasteiger partial charge in [0.2, 0.25) is 0 Å². The van der Waals surface area contributed by atoms with Gasteiger partial charge in [0.25, 0.3) is 11.2 Å². The van der Waals surface area contributed by atoms with E-state index >= 15 is 0 Å². The molecule has 0 spiro atoms. The van der Waals surface area contributed by atoms with Crippen LogP contribution in [0.1, 0.15) is 0 Å². The Hall–Kier alpha value is -3.26. The molecule has 7 nitrogen and oxygen atoms in total. The summed E-state index contributed by atoms with van der Waals surface area (Å²) in [6, 6.07) is 10.9. The fraction of sp³-hybridized carbons (Fsp3) is 0. The Kier molecular flexibility index (Phi) is 3.24. The molecule has 0 bridgehead atoms. The molecule has 0 saturated heterocycles. The van der Waals surface area contributed by atoms with Crippen molar-refractivity contribution < 1.29 is 9.66 Å². The molecule has 4 aromatic rings. The zero-order valence-corrected chi connectivity index (χ0v) is 12.9. The van der Waals surface area contributed by atoms with Crippen LogP contribution >= 0.6 is 11.3 Å². The van der Waals surface area contributed by atoms with Crippen LogP contribution in [0.2, 0.25) is 0 Å². The van der Waals surface area contributed by atoms with Crippen LogP contribution in [0.15, 0.2) is 58.8 Å². The number of hydrogen-bond acceptors (Lipinski definition) is 6. The van der Waals surface area contributed by atoms with Crippen molar-refractivity contribution in [2.45, 2.75) is 0 Å². The second-order valence-electron chi connectivity index (χ2n) is 4.98. The van der Waals surface area contributed by atoms with Crippen molar-refractivity contribution in [1.29, 1.82) is 0 Å². The second-order valence-corrected chi connectivity index (χ2v) is 5.85. The van der Waals surface area contributed by atoms with E-state index in [4.69, 9.17) is 4.74 Å². The van der Waals surface area contributed by atoms with Gasteiger partial charge in [-0.3, -0.25) is 19.3 Å². The molecule has 0 unspecified atom stereocenters. The van der Waals surface area contributed by atoms with Gasteiger partial charge in [-0.05, 0) is 24.3 Å². The summed E-state index contributed by atoms with van der Waals surface area (Å²) in [5, 5.41) is 12.9. The summed E-state index contributed by atoms with van der Waals surface area (Å²) < 4.78 is 7.23. The molecule has 8 heteroatoms. The fourth-order valence-electron chi connectivity index (χ4n) is 2.41. The minimum Gasteiger partial charge on any atom is -0.456 e. The van der Waals surface area contributed by atoms with Crippen molar-refractivity contribution in [2.24, 2.45) is 0 Å². The van der Waals surface area contributed by atoms with Gasteiger partial charge in [0.1, 0.15) is 16.9 Å². The molecule has 2 aromatic heterocycles. The molecule has 0 N–H and O–H groups in total. The Bertz CT molecular complexity index is 1130. The molecule has 0 saturated carbocycles. The van der Waals surface area contributed by atoms with Crippen molar-refractivity contribution in [3.8, 4) is 11.5 Å². The Balaban J connectivity index is 1.84. The van der Waals surface area contributed by atoms with Crippen LogP contribution in [0.4, 0.5) is 5.69 Å². The Morgan fingerprint density at radius 1 is 1.17 bits per heavy atom. The maximum Gasteiger partial charge on any atom is 0.270 e. The highest BCUT2D eigenvalue weighted by molar-refractivity contribution is 7.15. The molecule has 0 aliphatic carbocycles. The van der Waals surface area contributed by atoms with Gasteiger partial charge < -0.3 is 4.74 Å². The normalized spacial score (nSPS) is 11.0. The molecule has 24 heavy (non-hydrogen) atoms. The number of rotatable bonds is 3. The third-order valence-electron chi connectivity index (χ3n) is 3.52. The standard InChI is InChI=1S/C16H9N3O4S/c20-15-14-12(17-16-18(15)8-9-24-16)2-1-3-13(14)23-11-6-4-10(5-7-11)19(21)22/h1-9H. The molecule has 2 heterocycles. The average Bonchev–Trinajstić information content (AvgIpc) is 3.04. The Morgan fingerprint density at radius 3 is 2.71 bits per heavy atom. The highest BCUT2D eigenvalue weighted by Crippen LogP contribution is 2.28. The number of hydrogen-bond donors (Lipinski definition) is 0. The summed E-state index contributed by atoms with van der Waals surface area (Å²) >= 11 is 1.38. The van der Waals surface area contributed by atoms with Gasteiger partial charge in [0, 0.05) is 23.7 Å².